The molecule has 0 radical (unpaired) electrons. The number of ether oxygens (including phenoxy) is 1. The van der Waals surface area contributed by atoms with Gasteiger partial charge in [-0.3, -0.25) is 0 Å². The second-order valence-corrected chi connectivity index (χ2v) is 4.97. The number of phenolic OH excluding ortho intramolecular Hbond substituents is 1. The molecular weight excluding hydrogens is 347 g/mol. The van der Waals surface area contributed by atoms with Gasteiger partial charge >= 0.3 is 11.9 Å². The van der Waals surface area contributed by atoms with Gasteiger partial charge in [-0.2, -0.15) is 8.78 Å². The van der Waals surface area contributed by atoms with Crippen LogP contribution in [0, 0.1) is 0 Å². The minimum Gasteiger partial charge on any atom is -0.506 e. The van der Waals surface area contributed by atoms with Gasteiger partial charge in [0.1, 0.15) is 11.8 Å². The van der Waals surface area contributed by atoms with E-state index in [4.69, 9.17) is 17.3 Å². The first-order chi connectivity index (χ1) is 8.71. The highest BCUT2D eigenvalue weighted by atomic mass is 79.9. The summed E-state index contributed by atoms with van der Waals surface area (Å²) in [5.41, 5.74) is 5.00. The van der Waals surface area contributed by atoms with Crippen LogP contribution in [0.4, 0.5) is 8.78 Å². The molecule has 0 aromatic heterocycles. The molecule has 3 N–H and O–H groups in total. The SMILES string of the molecule is CCOC(=O)C(F)(F)[C@H](N)c1cc(Br)cc(Cl)c1O. The van der Waals surface area contributed by atoms with Gasteiger partial charge in [0.25, 0.3) is 0 Å². The minimum absolute atomic E-state index is 0.153. The Balaban J connectivity index is 3.19. The quantitative estimate of drug-likeness (QED) is 0.812. The van der Waals surface area contributed by atoms with Gasteiger partial charge in [-0.15, -0.1) is 0 Å². The van der Waals surface area contributed by atoms with Crippen LogP contribution in [-0.4, -0.2) is 23.6 Å². The zero-order chi connectivity index (χ0) is 14.8. The van der Waals surface area contributed by atoms with Gasteiger partial charge in [0.2, 0.25) is 0 Å². The van der Waals surface area contributed by atoms with Crippen LogP contribution < -0.4 is 5.73 Å². The third kappa shape index (κ3) is 3.34. The third-order valence-electron chi connectivity index (χ3n) is 2.33. The second kappa shape index (κ2) is 6.02. The summed E-state index contributed by atoms with van der Waals surface area (Å²) in [6, 6.07) is 0.413. The second-order valence-electron chi connectivity index (χ2n) is 3.65. The van der Waals surface area contributed by atoms with Crippen LogP contribution in [0.2, 0.25) is 5.02 Å². The first-order valence-corrected chi connectivity index (χ1v) is 6.37. The number of aromatic hydroxyl groups is 1. The number of hydrogen-bond donors (Lipinski definition) is 2. The van der Waals surface area contributed by atoms with E-state index < -0.39 is 23.7 Å². The van der Waals surface area contributed by atoms with Crippen molar-refractivity contribution in [1.29, 1.82) is 0 Å². The summed E-state index contributed by atoms with van der Waals surface area (Å²) < 4.78 is 32.1. The van der Waals surface area contributed by atoms with Crippen LogP contribution in [0.25, 0.3) is 0 Å². The normalized spacial score (nSPS) is 13.2. The fourth-order valence-electron chi connectivity index (χ4n) is 1.37. The highest BCUT2D eigenvalue weighted by Gasteiger charge is 2.48. The summed E-state index contributed by atoms with van der Waals surface area (Å²) in [6.07, 6.45) is 0. The van der Waals surface area contributed by atoms with Gasteiger partial charge in [0, 0.05) is 10.0 Å². The summed E-state index contributed by atoms with van der Waals surface area (Å²) in [7, 11) is 0. The number of hydrogen-bond acceptors (Lipinski definition) is 4. The van der Waals surface area contributed by atoms with Crippen LogP contribution in [0.5, 0.6) is 5.75 Å². The van der Waals surface area contributed by atoms with E-state index in [9.17, 15) is 18.7 Å². The van der Waals surface area contributed by atoms with Crippen LogP contribution in [-0.2, 0) is 9.53 Å². The fourth-order valence-corrected chi connectivity index (χ4v) is 2.21. The summed E-state index contributed by atoms with van der Waals surface area (Å²) in [5, 5.41) is 9.50. The van der Waals surface area contributed by atoms with Crippen LogP contribution in [0.1, 0.15) is 18.5 Å². The van der Waals surface area contributed by atoms with E-state index in [-0.39, 0.29) is 17.2 Å². The number of alkyl halides is 2. The standard InChI is InChI=1S/C11H11BrClF2NO3/c1-2-19-10(18)11(14,15)9(16)6-3-5(12)4-7(13)8(6)17/h3-4,9,17H,2,16H2,1H3/t9-/m1/s1. The molecule has 0 heterocycles. The molecule has 0 aliphatic carbocycles. The van der Waals surface area contributed by atoms with Crippen molar-refractivity contribution in [3.63, 3.8) is 0 Å². The number of carbonyl (C=O) groups is 1. The number of carbonyl (C=O) groups excluding carboxylic acids is 1. The van der Waals surface area contributed by atoms with E-state index in [1.807, 2.05) is 0 Å². The smallest absolute Gasteiger partial charge is 0.379 e. The van der Waals surface area contributed by atoms with Crippen LogP contribution in [0.3, 0.4) is 0 Å². The molecular formula is C11H11BrClF2NO3. The maximum Gasteiger partial charge on any atom is 0.379 e. The Hall–Kier alpha value is -0.920. The zero-order valence-electron chi connectivity index (χ0n) is 9.79. The largest absolute Gasteiger partial charge is 0.506 e. The Bertz CT molecular complexity index is 499. The molecule has 0 bridgehead atoms. The topological polar surface area (TPSA) is 72.5 Å². The maximum absolute atomic E-state index is 13.8. The Morgan fingerprint density at radius 2 is 2.21 bits per heavy atom. The lowest BCUT2D eigenvalue weighted by Gasteiger charge is -2.23. The molecule has 1 atom stereocenters. The minimum atomic E-state index is -3.97. The number of esters is 1. The van der Waals surface area contributed by atoms with Crippen LogP contribution >= 0.6 is 27.5 Å². The fraction of sp³-hybridized carbons (Fsp3) is 0.364. The Kier molecular flexibility index (Phi) is 5.11. The average Bonchev–Trinajstić information content (AvgIpc) is 2.33. The summed E-state index contributed by atoms with van der Waals surface area (Å²) >= 11 is 8.70. The van der Waals surface area contributed by atoms with Crippen molar-refractivity contribution in [2.45, 2.75) is 18.9 Å². The molecule has 0 spiro atoms. The van der Waals surface area contributed by atoms with Crippen molar-refractivity contribution in [3.8, 4) is 5.75 Å². The van der Waals surface area contributed by atoms with Gasteiger partial charge in [0.05, 0.1) is 11.6 Å². The maximum atomic E-state index is 13.8. The summed E-state index contributed by atoms with van der Waals surface area (Å²) in [4.78, 5) is 11.2. The molecule has 106 valence electrons. The lowest BCUT2D eigenvalue weighted by molar-refractivity contribution is -0.174. The van der Waals surface area contributed by atoms with E-state index in [2.05, 4.69) is 20.7 Å². The molecule has 4 nitrogen and oxygen atoms in total. The third-order valence-corrected chi connectivity index (χ3v) is 3.08. The van der Waals surface area contributed by atoms with Gasteiger partial charge in [-0.25, -0.2) is 4.79 Å². The number of nitrogens with two attached hydrogens (primary N) is 1. The molecule has 0 aliphatic heterocycles. The van der Waals surface area contributed by atoms with Crippen molar-refractivity contribution in [3.05, 3.63) is 27.2 Å². The van der Waals surface area contributed by atoms with E-state index >= 15 is 0 Å². The lowest BCUT2D eigenvalue weighted by Crippen LogP contribution is -2.41. The summed E-state index contributed by atoms with van der Waals surface area (Å²) in [5.74, 6) is -6.32. The molecule has 1 aromatic carbocycles. The number of phenols is 1. The van der Waals surface area contributed by atoms with E-state index in [1.54, 1.807) is 0 Å². The van der Waals surface area contributed by atoms with Gasteiger partial charge < -0.3 is 15.6 Å². The van der Waals surface area contributed by atoms with Gasteiger partial charge in [-0.05, 0) is 19.1 Å². The number of halogens is 4. The number of rotatable bonds is 4. The van der Waals surface area contributed by atoms with Gasteiger partial charge in [-0.1, -0.05) is 27.5 Å². The molecule has 0 saturated heterocycles. The Morgan fingerprint density at radius 3 is 2.74 bits per heavy atom. The monoisotopic (exact) mass is 357 g/mol. The predicted octanol–water partition coefficient (Wildman–Crippen LogP) is 3.01. The molecule has 0 aliphatic rings. The molecule has 19 heavy (non-hydrogen) atoms. The molecule has 1 rings (SSSR count). The van der Waals surface area contributed by atoms with Gasteiger partial charge in [0.15, 0.2) is 0 Å². The highest BCUT2D eigenvalue weighted by molar-refractivity contribution is 9.10. The molecule has 0 amide bonds. The highest BCUT2D eigenvalue weighted by Crippen LogP contribution is 2.40. The Labute approximate surface area is 121 Å². The van der Waals surface area contributed by atoms with Crippen molar-refractivity contribution in [2.24, 2.45) is 5.73 Å². The summed E-state index contributed by atoms with van der Waals surface area (Å²) in [6.45, 7) is 1.19. The van der Waals surface area contributed by atoms with E-state index in [0.717, 1.165) is 0 Å². The molecule has 0 unspecified atom stereocenters. The first kappa shape index (κ1) is 16.1. The first-order valence-electron chi connectivity index (χ1n) is 5.20. The van der Waals surface area contributed by atoms with Crippen molar-refractivity contribution < 1.29 is 23.4 Å². The zero-order valence-corrected chi connectivity index (χ0v) is 12.1. The molecule has 8 heteroatoms. The van der Waals surface area contributed by atoms with Crippen molar-refractivity contribution in [1.82, 2.24) is 0 Å². The lowest BCUT2D eigenvalue weighted by atomic mass is 10.0. The molecule has 0 fully saturated rings. The predicted molar refractivity (Wildman–Crippen MR) is 69.3 cm³/mol. The van der Waals surface area contributed by atoms with E-state index in [1.165, 1.54) is 19.1 Å². The average molecular weight is 359 g/mol. The number of benzene rings is 1. The Morgan fingerprint density at radius 1 is 1.63 bits per heavy atom. The molecule has 1 aromatic rings. The molecule has 0 saturated carbocycles. The van der Waals surface area contributed by atoms with Crippen molar-refractivity contribution >= 4 is 33.5 Å². The van der Waals surface area contributed by atoms with E-state index in [0.29, 0.717) is 4.47 Å². The van der Waals surface area contributed by atoms with Crippen molar-refractivity contribution in [2.75, 3.05) is 6.61 Å². The van der Waals surface area contributed by atoms with Crippen LogP contribution in [0.15, 0.2) is 16.6 Å².